The molecule has 0 atom stereocenters. The number of hydrogen-bond donors (Lipinski definition) is 1. The molecule has 0 aliphatic carbocycles. The van der Waals surface area contributed by atoms with Crippen LogP contribution >= 0.6 is 23.4 Å². The molecular formula is C24H25ClN2O5S2. The Morgan fingerprint density at radius 1 is 1.06 bits per heavy atom. The largest absolute Gasteiger partial charge is 0.495 e. The first-order chi connectivity index (χ1) is 16.3. The van der Waals surface area contributed by atoms with Gasteiger partial charge in [-0.25, -0.2) is 8.42 Å². The molecule has 0 radical (unpaired) electrons. The molecule has 0 bridgehead atoms. The van der Waals surface area contributed by atoms with Crippen molar-refractivity contribution in [2.75, 3.05) is 36.1 Å². The smallest absolute Gasteiger partial charge is 0.264 e. The second-order valence-corrected chi connectivity index (χ2v) is 10.2. The van der Waals surface area contributed by atoms with Crippen molar-refractivity contribution in [3.8, 4) is 11.5 Å². The summed E-state index contributed by atoms with van der Waals surface area (Å²) in [5.74, 6) is 0.445. The van der Waals surface area contributed by atoms with Gasteiger partial charge >= 0.3 is 0 Å². The monoisotopic (exact) mass is 520 g/mol. The van der Waals surface area contributed by atoms with Crippen LogP contribution in [-0.2, 0) is 14.8 Å². The van der Waals surface area contributed by atoms with Gasteiger partial charge in [0.15, 0.2) is 0 Å². The Balaban J connectivity index is 1.95. The lowest BCUT2D eigenvalue weighted by atomic mass is 10.3. The van der Waals surface area contributed by atoms with E-state index in [0.717, 1.165) is 9.20 Å². The number of rotatable bonds is 10. The van der Waals surface area contributed by atoms with Gasteiger partial charge in [-0.2, -0.15) is 0 Å². The summed E-state index contributed by atoms with van der Waals surface area (Å²) >= 11 is 7.56. The molecule has 3 rings (SSSR count). The molecule has 1 amide bonds. The second kappa shape index (κ2) is 11.5. The molecule has 0 saturated carbocycles. The molecule has 0 aliphatic heterocycles. The molecule has 180 valence electrons. The lowest BCUT2D eigenvalue weighted by Gasteiger charge is -2.24. The average molecular weight is 521 g/mol. The van der Waals surface area contributed by atoms with Crippen LogP contribution in [0.3, 0.4) is 0 Å². The molecule has 1 N–H and O–H groups in total. The number of thioether (sulfide) groups is 1. The molecule has 0 aliphatic rings. The predicted molar refractivity (Wildman–Crippen MR) is 137 cm³/mol. The van der Waals surface area contributed by atoms with Gasteiger partial charge in [-0.05, 0) is 79.9 Å². The van der Waals surface area contributed by atoms with Crippen molar-refractivity contribution < 1.29 is 22.7 Å². The molecule has 10 heteroatoms. The number of hydrogen-bond acceptors (Lipinski definition) is 6. The van der Waals surface area contributed by atoms with E-state index in [1.54, 1.807) is 48.5 Å². The zero-order valence-electron chi connectivity index (χ0n) is 18.9. The fourth-order valence-electron chi connectivity index (χ4n) is 3.16. The summed E-state index contributed by atoms with van der Waals surface area (Å²) in [6.07, 6.45) is 1.91. The third-order valence-electron chi connectivity index (χ3n) is 4.81. The first-order valence-corrected chi connectivity index (χ1v) is 13.4. The van der Waals surface area contributed by atoms with Gasteiger partial charge in [0.05, 0.1) is 30.0 Å². The third-order valence-corrected chi connectivity index (χ3v) is 7.57. The van der Waals surface area contributed by atoms with E-state index in [2.05, 4.69) is 5.32 Å². The SMILES string of the molecule is CCOc1ccc(N(CC(=O)Nc2cc(Cl)ccc2OC)S(=O)(=O)c2ccc(SC)cc2)cc1. The number of ether oxygens (including phenoxy) is 2. The van der Waals surface area contributed by atoms with E-state index in [1.807, 2.05) is 13.2 Å². The summed E-state index contributed by atoms with van der Waals surface area (Å²) < 4.78 is 38.9. The summed E-state index contributed by atoms with van der Waals surface area (Å²) in [7, 11) is -2.58. The number of carbonyl (C=O) groups excluding carboxylic acids is 1. The van der Waals surface area contributed by atoms with E-state index in [4.69, 9.17) is 21.1 Å². The van der Waals surface area contributed by atoms with E-state index in [-0.39, 0.29) is 4.90 Å². The minimum Gasteiger partial charge on any atom is -0.495 e. The van der Waals surface area contributed by atoms with E-state index in [9.17, 15) is 13.2 Å². The topological polar surface area (TPSA) is 84.9 Å². The molecular weight excluding hydrogens is 496 g/mol. The van der Waals surface area contributed by atoms with Crippen LogP contribution in [-0.4, -0.2) is 40.8 Å². The van der Waals surface area contributed by atoms with Gasteiger partial charge < -0.3 is 14.8 Å². The molecule has 3 aromatic carbocycles. The number of carbonyl (C=O) groups is 1. The highest BCUT2D eigenvalue weighted by atomic mass is 35.5. The van der Waals surface area contributed by atoms with Gasteiger partial charge in [0.2, 0.25) is 5.91 Å². The Hall–Kier alpha value is -2.88. The first kappa shape index (κ1) is 25.7. The minimum absolute atomic E-state index is 0.0762. The maximum absolute atomic E-state index is 13.6. The van der Waals surface area contributed by atoms with Crippen molar-refractivity contribution in [2.45, 2.75) is 16.7 Å². The summed E-state index contributed by atoms with van der Waals surface area (Å²) in [5.41, 5.74) is 0.666. The number of sulfonamides is 1. The standard InChI is InChI=1S/C24H25ClN2O5S2/c1-4-32-19-8-6-18(7-9-19)27(34(29,30)21-12-10-20(33-3)11-13-21)16-24(28)26-22-15-17(25)5-14-23(22)31-2/h5-15H,4,16H2,1-3H3,(H,26,28). The zero-order valence-corrected chi connectivity index (χ0v) is 21.3. The first-order valence-electron chi connectivity index (χ1n) is 10.3. The number of nitrogens with zero attached hydrogens (tertiary/aromatic N) is 1. The molecule has 0 heterocycles. The van der Waals surface area contributed by atoms with Crippen LogP contribution in [0.4, 0.5) is 11.4 Å². The van der Waals surface area contributed by atoms with Crippen molar-refractivity contribution in [3.63, 3.8) is 0 Å². The fraction of sp³-hybridized carbons (Fsp3) is 0.208. The number of amides is 1. The molecule has 0 unspecified atom stereocenters. The van der Waals surface area contributed by atoms with Crippen LogP contribution in [0, 0.1) is 0 Å². The van der Waals surface area contributed by atoms with E-state index in [1.165, 1.54) is 37.1 Å². The Bertz CT molecular complexity index is 1230. The summed E-state index contributed by atoms with van der Waals surface area (Å²) in [6.45, 7) is 1.88. The zero-order chi connectivity index (χ0) is 24.7. The van der Waals surface area contributed by atoms with Gasteiger partial charge in [0.1, 0.15) is 18.0 Å². The maximum Gasteiger partial charge on any atom is 0.264 e. The van der Waals surface area contributed by atoms with Gasteiger partial charge in [0, 0.05) is 9.92 Å². The molecule has 0 aromatic heterocycles. The Labute approximate surface area is 209 Å². The van der Waals surface area contributed by atoms with E-state index >= 15 is 0 Å². The lowest BCUT2D eigenvalue weighted by Crippen LogP contribution is -2.38. The number of nitrogens with one attached hydrogen (secondary N) is 1. The number of methoxy groups -OCH3 is 1. The number of benzene rings is 3. The normalized spacial score (nSPS) is 11.1. The van der Waals surface area contributed by atoms with Crippen molar-refractivity contribution in [3.05, 3.63) is 71.8 Å². The highest BCUT2D eigenvalue weighted by molar-refractivity contribution is 7.98. The van der Waals surface area contributed by atoms with Crippen LogP contribution < -0.4 is 19.1 Å². The van der Waals surface area contributed by atoms with Crippen LogP contribution in [0.15, 0.2) is 76.5 Å². The van der Waals surface area contributed by atoms with Crippen LogP contribution in [0.25, 0.3) is 0 Å². The predicted octanol–water partition coefficient (Wildman–Crippen LogP) is 5.30. The van der Waals surface area contributed by atoms with Gasteiger partial charge in [-0.15, -0.1) is 11.8 Å². The van der Waals surface area contributed by atoms with Crippen LogP contribution in [0.5, 0.6) is 11.5 Å². The maximum atomic E-state index is 13.6. The van der Waals surface area contributed by atoms with Crippen molar-refractivity contribution in [1.82, 2.24) is 0 Å². The average Bonchev–Trinajstić information content (AvgIpc) is 2.83. The summed E-state index contributed by atoms with van der Waals surface area (Å²) in [5, 5.41) is 3.10. The van der Waals surface area contributed by atoms with E-state index < -0.39 is 22.5 Å². The quantitative estimate of drug-likeness (QED) is 0.365. The number of halogens is 1. The summed E-state index contributed by atoms with van der Waals surface area (Å²) in [4.78, 5) is 14.0. The van der Waals surface area contributed by atoms with Gasteiger partial charge in [-0.1, -0.05) is 11.6 Å². The van der Waals surface area contributed by atoms with Crippen molar-refractivity contribution in [2.24, 2.45) is 0 Å². The van der Waals surface area contributed by atoms with Crippen molar-refractivity contribution >= 4 is 50.7 Å². The minimum atomic E-state index is -4.05. The number of anilines is 2. The molecule has 3 aromatic rings. The van der Waals surface area contributed by atoms with Crippen LogP contribution in [0.1, 0.15) is 6.92 Å². The molecule has 34 heavy (non-hydrogen) atoms. The van der Waals surface area contributed by atoms with Crippen LogP contribution in [0.2, 0.25) is 5.02 Å². The van der Waals surface area contributed by atoms with E-state index in [0.29, 0.717) is 34.5 Å². The highest BCUT2D eigenvalue weighted by Gasteiger charge is 2.27. The Morgan fingerprint density at radius 2 is 1.74 bits per heavy atom. The lowest BCUT2D eigenvalue weighted by molar-refractivity contribution is -0.114. The molecule has 0 saturated heterocycles. The molecule has 0 spiro atoms. The van der Waals surface area contributed by atoms with Gasteiger partial charge in [-0.3, -0.25) is 9.10 Å². The Kier molecular flexibility index (Phi) is 8.71. The van der Waals surface area contributed by atoms with Gasteiger partial charge in [0.25, 0.3) is 10.0 Å². The molecule has 0 fully saturated rings. The highest BCUT2D eigenvalue weighted by Crippen LogP contribution is 2.29. The third kappa shape index (κ3) is 6.16. The van der Waals surface area contributed by atoms with Crippen molar-refractivity contribution in [1.29, 1.82) is 0 Å². The summed E-state index contributed by atoms with van der Waals surface area (Å²) in [6, 6.07) is 17.8. The molecule has 7 nitrogen and oxygen atoms in total. The fourth-order valence-corrected chi connectivity index (χ4v) is 5.16. The second-order valence-electron chi connectivity index (χ2n) is 7.01. The Morgan fingerprint density at radius 3 is 2.32 bits per heavy atom.